The first-order valence-corrected chi connectivity index (χ1v) is 8.57. The summed E-state index contributed by atoms with van der Waals surface area (Å²) in [6, 6.07) is 9.54. The van der Waals surface area contributed by atoms with Gasteiger partial charge < -0.3 is 5.32 Å². The van der Waals surface area contributed by atoms with Crippen molar-refractivity contribution in [1.29, 1.82) is 0 Å². The average Bonchev–Trinajstić information content (AvgIpc) is 3.00. The van der Waals surface area contributed by atoms with Gasteiger partial charge in [0.05, 0.1) is 4.92 Å². The summed E-state index contributed by atoms with van der Waals surface area (Å²) < 4.78 is 0. The highest BCUT2D eigenvalue weighted by atomic mass is 32.1. The van der Waals surface area contributed by atoms with E-state index in [1.54, 1.807) is 23.5 Å². The van der Waals surface area contributed by atoms with Crippen molar-refractivity contribution >= 4 is 17.0 Å². The second-order valence-corrected chi connectivity index (χ2v) is 6.35. The molecule has 0 amide bonds. The van der Waals surface area contributed by atoms with Crippen LogP contribution in [-0.2, 0) is 12.8 Å². The molecule has 4 nitrogen and oxygen atoms in total. The molecule has 0 aliphatic rings. The number of rotatable bonds is 9. The van der Waals surface area contributed by atoms with Gasteiger partial charge in [0.2, 0.25) is 0 Å². The number of benzene rings is 1. The third-order valence-electron chi connectivity index (χ3n) is 3.65. The first kappa shape index (κ1) is 16.6. The Balaban J connectivity index is 1.59. The van der Waals surface area contributed by atoms with E-state index in [1.165, 1.54) is 5.56 Å². The van der Waals surface area contributed by atoms with Crippen LogP contribution in [0, 0.1) is 10.1 Å². The highest BCUT2D eigenvalue weighted by molar-refractivity contribution is 7.07. The van der Waals surface area contributed by atoms with E-state index >= 15 is 0 Å². The minimum Gasteiger partial charge on any atom is -0.314 e. The smallest absolute Gasteiger partial charge is 0.269 e. The zero-order valence-corrected chi connectivity index (χ0v) is 13.6. The quantitative estimate of drug-likeness (QED) is 0.428. The number of nitrogens with one attached hydrogen (secondary N) is 1. The summed E-state index contributed by atoms with van der Waals surface area (Å²) >= 11 is 1.74. The number of non-ortho nitro benzene ring substituents is 1. The molecule has 1 atom stereocenters. The van der Waals surface area contributed by atoms with E-state index < -0.39 is 0 Å². The molecule has 0 saturated carbocycles. The molecule has 2 aromatic rings. The van der Waals surface area contributed by atoms with E-state index in [0.29, 0.717) is 6.04 Å². The Morgan fingerprint density at radius 3 is 2.59 bits per heavy atom. The SMILES string of the molecule is CC(Cc1ccsc1)NCCCCc1ccc([N+](=O)[O-])cc1. The van der Waals surface area contributed by atoms with Gasteiger partial charge in [0.15, 0.2) is 0 Å². The molecule has 118 valence electrons. The van der Waals surface area contributed by atoms with Gasteiger partial charge >= 0.3 is 0 Å². The molecular formula is C17H22N2O2S. The minimum atomic E-state index is -0.359. The van der Waals surface area contributed by atoms with Gasteiger partial charge in [-0.1, -0.05) is 12.1 Å². The molecular weight excluding hydrogens is 296 g/mol. The number of unbranched alkanes of at least 4 members (excludes halogenated alkanes) is 1. The monoisotopic (exact) mass is 318 g/mol. The number of nitrogens with zero attached hydrogens (tertiary/aromatic N) is 1. The minimum absolute atomic E-state index is 0.160. The van der Waals surface area contributed by atoms with E-state index in [-0.39, 0.29) is 10.6 Å². The highest BCUT2D eigenvalue weighted by Crippen LogP contribution is 2.13. The lowest BCUT2D eigenvalue weighted by Gasteiger charge is -2.12. The molecule has 0 aliphatic carbocycles. The van der Waals surface area contributed by atoms with Gasteiger partial charge in [-0.25, -0.2) is 0 Å². The third-order valence-corrected chi connectivity index (χ3v) is 4.39. The Morgan fingerprint density at radius 1 is 1.18 bits per heavy atom. The number of nitro groups is 1. The van der Waals surface area contributed by atoms with Crippen LogP contribution in [0.3, 0.4) is 0 Å². The topological polar surface area (TPSA) is 55.2 Å². The van der Waals surface area contributed by atoms with Gasteiger partial charge in [0.1, 0.15) is 0 Å². The number of nitro benzene ring substituents is 1. The molecule has 0 radical (unpaired) electrons. The average molecular weight is 318 g/mol. The number of thiophene rings is 1. The molecule has 1 heterocycles. The molecule has 0 fully saturated rings. The van der Waals surface area contributed by atoms with Crippen LogP contribution < -0.4 is 5.32 Å². The van der Waals surface area contributed by atoms with Crippen molar-refractivity contribution in [3.05, 3.63) is 62.3 Å². The number of hydrogen-bond acceptors (Lipinski definition) is 4. The van der Waals surface area contributed by atoms with Gasteiger partial charge in [0, 0.05) is 18.2 Å². The maximum Gasteiger partial charge on any atom is 0.269 e. The van der Waals surface area contributed by atoms with Crippen molar-refractivity contribution < 1.29 is 4.92 Å². The van der Waals surface area contributed by atoms with Crippen molar-refractivity contribution in [2.24, 2.45) is 0 Å². The summed E-state index contributed by atoms with van der Waals surface area (Å²) in [5, 5.41) is 18.5. The fraction of sp³-hybridized carbons (Fsp3) is 0.412. The molecule has 0 saturated heterocycles. The van der Waals surface area contributed by atoms with Crippen molar-refractivity contribution in [1.82, 2.24) is 5.32 Å². The molecule has 5 heteroatoms. The van der Waals surface area contributed by atoms with Crippen LogP contribution >= 0.6 is 11.3 Å². The second-order valence-electron chi connectivity index (χ2n) is 5.57. The molecule has 1 aromatic heterocycles. The van der Waals surface area contributed by atoms with Crippen LogP contribution in [0.15, 0.2) is 41.1 Å². The zero-order valence-electron chi connectivity index (χ0n) is 12.8. The van der Waals surface area contributed by atoms with Gasteiger partial charge in [-0.15, -0.1) is 0 Å². The largest absolute Gasteiger partial charge is 0.314 e. The lowest BCUT2D eigenvalue weighted by atomic mass is 10.1. The van der Waals surface area contributed by atoms with Crippen LogP contribution in [0.2, 0.25) is 0 Å². The summed E-state index contributed by atoms with van der Waals surface area (Å²) in [5.41, 5.74) is 2.72. The number of aryl methyl sites for hydroxylation is 1. The van der Waals surface area contributed by atoms with E-state index in [4.69, 9.17) is 0 Å². The maximum atomic E-state index is 10.6. The normalized spacial score (nSPS) is 12.2. The zero-order chi connectivity index (χ0) is 15.8. The van der Waals surface area contributed by atoms with E-state index in [1.807, 2.05) is 12.1 Å². The molecule has 1 aromatic carbocycles. The first-order chi connectivity index (χ1) is 10.6. The molecule has 0 bridgehead atoms. The van der Waals surface area contributed by atoms with Crippen LogP contribution in [-0.4, -0.2) is 17.5 Å². The van der Waals surface area contributed by atoms with Gasteiger partial charge in [-0.05, 0) is 67.1 Å². The Morgan fingerprint density at radius 2 is 1.95 bits per heavy atom. The standard InChI is InChI=1S/C17H22N2O2S/c1-14(12-16-9-11-22-13-16)18-10-3-2-4-15-5-7-17(8-6-15)19(20)21/h5-9,11,13-14,18H,2-4,10,12H2,1H3. The molecule has 2 rings (SSSR count). The summed E-state index contributed by atoms with van der Waals surface area (Å²) in [4.78, 5) is 10.2. The Kier molecular flexibility index (Phi) is 6.55. The summed E-state index contributed by atoms with van der Waals surface area (Å²) in [6.45, 7) is 3.23. The van der Waals surface area contributed by atoms with Crippen molar-refractivity contribution in [2.45, 2.75) is 38.6 Å². The Bertz CT molecular complexity index is 567. The van der Waals surface area contributed by atoms with E-state index in [2.05, 4.69) is 29.1 Å². The van der Waals surface area contributed by atoms with Crippen molar-refractivity contribution in [2.75, 3.05) is 6.54 Å². The van der Waals surface area contributed by atoms with Gasteiger partial charge in [0.25, 0.3) is 5.69 Å². The third kappa shape index (κ3) is 5.58. The summed E-state index contributed by atoms with van der Waals surface area (Å²) in [6.07, 6.45) is 4.26. The van der Waals surface area contributed by atoms with Crippen molar-refractivity contribution in [3.63, 3.8) is 0 Å². The summed E-state index contributed by atoms with van der Waals surface area (Å²) in [5.74, 6) is 0. The highest BCUT2D eigenvalue weighted by Gasteiger charge is 2.05. The molecule has 1 unspecified atom stereocenters. The fourth-order valence-corrected chi connectivity index (χ4v) is 3.10. The predicted octanol–water partition coefficient (Wildman–Crippen LogP) is 4.20. The molecule has 1 N–H and O–H groups in total. The van der Waals surface area contributed by atoms with Gasteiger partial charge in [-0.2, -0.15) is 11.3 Å². The fourth-order valence-electron chi connectivity index (χ4n) is 2.42. The lowest BCUT2D eigenvalue weighted by Crippen LogP contribution is -2.28. The number of hydrogen-bond donors (Lipinski definition) is 1. The second kappa shape index (κ2) is 8.66. The van der Waals surface area contributed by atoms with Gasteiger partial charge in [-0.3, -0.25) is 10.1 Å². The Hall–Kier alpha value is -1.72. The van der Waals surface area contributed by atoms with Crippen molar-refractivity contribution in [3.8, 4) is 0 Å². The van der Waals surface area contributed by atoms with Crippen LogP contribution in [0.25, 0.3) is 0 Å². The van der Waals surface area contributed by atoms with Crippen LogP contribution in [0.1, 0.15) is 30.9 Å². The Labute approximate surface area is 135 Å². The lowest BCUT2D eigenvalue weighted by molar-refractivity contribution is -0.384. The first-order valence-electron chi connectivity index (χ1n) is 7.63. The summed E-state index contributed by atoms with van der Waals surface area (Å²) in [7, 11) is 0. The molecule has 22 heavy (non-hydrogen) atoms. The van der Waals surface area contributed by atoms with Crippen LogP contribution in [0.5, 0.6) is 0 Å². The van der Waals surface area contributed by atoms with Crippen LogP contribution in [0.4, 0.5) is 5.69 Å². The van der Waals surface area contributed by atoms with E-state index in [9.17, 15) is 10.1 Å². The predicted molar refractivity (Wildman–Crippen MR) is 91.5 cm³/mol. The van der Waals surface area contributed by atoms with E-state index in [0.717, 1.165) is 37.8 Å². The maximum absolute atomic E-state index is 10.6. The molecule has 0 aliphatic heterocycles. The molecule has 0 spiro atoms.